The molecule has 3 unspecified atom stereocenters. The Labute approximate surface area is 239 Å². The van der Waals surface area contributed by atoms with Crippen molar-refractivity contribution >= 4 is 38.6 Å². The molecular weight excluding hydrogens is 502 g/mol. The lowest BCUT2D eigenvalue weighted by molar-refractivity contribution is 0.206. The Morgan fingerprint density at radius 2 is 1.51 bits per heavy atom. The van der Waals surface area contributed by atoms with Gasteiger partial charge in [-0.1, -0.05) is 115 Å². The molecule has 4 nitrogen and oxygen atoms in total. The van der Waals surface area contributed by atoms with Crippen LogP contribution in [0.5, 0.6) is 5.75 Å². The van der Waals surface area contributed by atoms with Gasteiger partial charge in [0, 0.05) is 17.0 Å². The van der Waals surface area contributed by atoms with Gasteiger partial charge >= 0.3 is 0 Å². The van der Waals surface area contributed by atoms with Crippen molar-refractivity contribution in [3.8, 4) is 5.75 Å². The maximum Gasteiger partial charge on any atom is 0.176 e. The van der Waals surface area contributed by atoms with Crippen LogP contribution in [-0.4, -0.2) is 11.9 Å². The highest BCUT2D eigenvalue weighted by Gasteiger charge is 2.30. The number of aliphatic imine (C=N–C) groups is 1. The van der Waals surface area contributed by atoms with Crippen molar-refractivity contribution in [2.45, 2.75) is 18.8 Å². The molecule has 3 atom stereocenters. The van der Waals surface area contributed by atoms with Gasteiger partial charge in [-0.15, -0.1) is 0 Å². The molecule has 0 aromatic heterocycles. The molecule has 4 heteroatoms. The summed E-state index contributed by atoms with van der Waals surface area (Å²) in [6, 6.07) is 36.3. The molecule has 5 aromatic rings. The van der Waals surface area contributed by atoms with Crippen LogP contribution in [0.4, 0.5) is 5.69 Å². The molecule has 3 aliphatic rings. The number of benzene rings is 5. The Morgan fingerprint density at radius 3 is 2.32 bits per heavy atom. The third-order valence-corrected chi connectivity index (χ3v) is 8.23. The fraction of sp³-hybridized carbons (Fsp3) is 0.108. The van der Waals surface area contributed by atoms with Crippen molar-refractivity contribution in [3.63, 3.8) is 0 Å². The van der Waals surface area contributed by atoms with Crippen LogP contribution in [-0.2, 0) is 0 Å². The van der Waals surface area contributed by atoms with E-state index in [1.54, 1.807) is 0 Å². The molecule has 0 bridgehead atoms. The SMILES string of the molecule is C1=CCC(C2Nc3ccc4ccc5cc(C6N=C(c7ccccc7)C=C(c7ccccc7)N6)ccc5c4c3O2)C=C1. The lowest BCUT2D eigenvalue weighted by atomic mass is 9.97. The van der Waals surface area contributed by atoms with E-state index in [9.17, 15) is 0 Å². The summed E-state index contributed by atoms with van der Waals surface area (Å²) < 4.78 is 6.60. The fourth-order valence-electron chi connectivity index (χ4n) is 6.12. The van der Waals surface area contributed by atoms with Gasteiger partial charge in [0.1, 0.15) is 6.17 Å². The summed E-state index contributed by atoms with van der Waals surface area (Å²) in [5, 5.41) is 12.0. The molecule has 0 saturated carbocycles. The van der Waals surface area contributed by atoms with Gasteiger partial charge in [0.15, 0.2) is 12.0 Å². The summed E-state index contributed by atoms with van der Waals surface area (Å²) in [7, 11) is 0. The van der Waals surface area contributed by atoms with Crippen molar-refractivity contribution in [2.75, 3.05) is 5.32 Å². The molecule has 0 spiro atoms. The maximum absolute atomic E-state index is 6.60. The average molecular weight is 532 g/mol. The highest BCUT2D eigenvalue weighted by atomic mass is 16.5. The third kappa shape index (κ3) is 4.29. The zero-order valence-corrected chi connectivity index (χ0v) is 22.5. The molecular formula is C37H29N3O. The number of nitrogens with one attached hydrogen (secondary N) is 2. The van der Waals surface area contributed by atoms with Crippen LogP contribution in [0.25, 0.3) is 27.2 Å². The number of anilines is 1. The highest BCUT2D eigenvalue weighted by Crippen LogP contribution is 2.44. The first kappa shape index (κ1) is 23.8. The molecule has 1 aliphatic carbocycles. The molecule has 8 rings (SSSR count). The standard InChI is InChI=1S/C37H29N3O/c1-4-10-24(11-5-1)32-23-33(25-12-6-2-7-13-25)39-36(38-32)29-18-20-30-28(22-29)17-16-26-19-21-31-35(34(26)30)41-37(40-31)27-14-8-3-9-15-27/h1-14,16-23,27,36-38,40H,15H2. The number of nitrogens with zero attached hydrogens (tertiary/aromatic N) is 1. The van der Waals surface area contributed by atoms with E-state index >= 15 is 0 Å². The predicted molar refractivity (Wildman–Crippen MR) is 169 cm³/mol. The van der Waals surface area contributed by atoms with E-state index in [0.717, 1.165) is 51.3 Å². The van der Waals surface area contributed by atoms with Crippen LogP contribution in [0.2, 0.25) is 0 Å². The molecule has 41 heavy (non-hydrogen) atoms. The Hall–Kier alpha value is -5.09. The Morgan fingerprint density at radius 1 is 0.732 bits per heavy atom. The van der Waals surface area contributed by atoms with Crippen molar-refractivity contribution in [2.24, 2.45) is 10.9 Å². The topological polar surface area (TPSA) is 45.7 Å². The van der Waals surface area contributed by atoms with E-state index in [1.807, 2.05) is 12.1 Å². The minimum absolute atomic E-state index is 0.0632. The predicted octanol–water partition coefficient (Wildman–Crippen LogP) is 8.39. The van der Waals surface area contributed by atoms with Crippen molar-refractivity contribution < 1.29 is 4.74 Å². The number of hydrogen-bond acceptors (Lipinski definition) is 4. The zero-order valence-electron chi connectivity index (χ0n) is 22.5. The number of hydrogen-bond donors (Lipinski definition) is 2. The van der Waals surface area contributed by atoms with Gasteiger partial charge < -0.3 is 15.4 Å². The van der Waals surface area contributed by atoms with Crippen molar-refractivity contribution in [1.29, 1.82) is 0 Å². The summed E-state index contributed by atoms with van der Waals surface area (Å²) in [5.74, 6) is 1.26. The minimum Gasteiger partial charge on any atom is -0.467 e. The Kier molecular flexibility index (Phi) is 5.70. The van der Waals surface area contributed by atoms with Crippen LogP contribution < -0.4 is 15.4 Å². The summed E-state index contributed by atoms with van der Waals surface area (Å²) >= 11 is 0. The number of ether oxygens (including phenoxy) is 1. The lowest BCUT2D eigenvalue weighted by Crippen LogP contribution is -2.29. The lowest BCUT2D eigenvalue weighted by Gasteiger charge is -2.25. The molecule has 0 saturated heterocycles. The summed E-state index contributed by atoms with van der Waals surface area (Å²) in [6.45, 7) is 0. The van der Waals surface area contributed by atoms with Crippen LogP contribution in [0.1, 0.15) is 29.3 Å². The van der Waals surface area contributed by atoms with E-state index < -0.39 is 0 Å². The van der Waals surface area contributed by atoms with Crippen LogP contribution in [0.3, 0.4) is 0 Å². The van der Waals surface area contributed by atoms with Crippen molar-refractivity contribution in [3.05, 3.63) is 150 Å². The van der Waals surface area contributed by atoms with Crippen LogP contribution in [0, 0.1) is 5.92 Å². The average Bonchev–Trinajstić information content (AvgIpc) is 3.50. The smallest absolute Gasteiger partial charge is 0.176 e. The molecule has 198 valence electrons. The van der Waals surface area contributed by atoms with E-state index in [-0.39, 0.29) is 12.4 Å². The molecule has 5 aromatic carbocycles. The van der Waals surface area contributed by atoms with Gasteiger partial charge in [-0.3, -0.25) is 4.99 Å². The van der Waals surface area contributed by atoms with E-state index in [2.05, 4.69) is 132 Å². The van der Waals surface area contributed by atoms with Gasteiger partial charge in [-0.25, -0.2) is 0 Å². The zero-order chi connectivity index (χ0) is 27.2. The Balaban J connectivity index is 1.19. The number of rotatable bonds is 4. The molecule has 0 amide bonds. The molecule has 2 aliphatic heterocycles. The second kappa shape index (κ2) is 9.83. The van der Waals surface area contributed by atoms with Gasteiger partial charge in [0.05, 0.1) is 11.4 Å². The van der Waals surface area contributed by atoms with Crippen LogP contribution >= 0.6 is 0 Å². The maximum atomic E-state index is 6.60. The quantitative estimate of drug-likeness (QED) is 0.229. The van der Waals surface area contributed by atoms with Gasteiger partial charge in [0.2, 0.25) is 0 Å². The largest absolute Gasteiger partial charge is 0.467 e. The molecule has 2 N–H and O–H groups in total. The van der Waals surface area contributed by atoms with E-state index in [4.69, 9.17) is 9.73 Å². The fourth-order valence-corrected chi connectivity index (χ4v) is 6.12. The molecule has 0 fully saturated rings. The minimum atomic E-state index is -0.208. The highest BCUT2D eigenvalue weighted by molar-refractivity contribution is 6.14. The molecule has 2 heterocycles. The van der Waals surface area contributed by atoms with Gasteiger partial charge in [-0.05, 0) is 57.5 Å². The second-order valence-electron chi connectivity index (χ2n) is 10.8. The molecule has 0 radical (unpaired) electrons. The first-order chi connectivity index (χ1) is 20.3. The second-order valence-corrected chi connectivity index (χ2v) is 10.8. The number of allylic oxidation sites excluding steroid dienone is 4. The van der Waals surface area contributed by atoms with Crippen molar-refractivity contribution in [1.82, 2.24) is 5.32 Å². The van der Waals surface area contributed by atoms with E-state index in [0.29, 0.717) is 5.92 Å². The first-order valence-corrected chi connectivity index (χ1v) is 14.2. The van der Waals surface area contributed by atoms with E-state index in [1.165, 1.54) is 16.2 Å². The van der Waals surface area contributed by atoms with Gasteiger partial charge in [0.25, 0.3) is 0 Å². The Bertz CT molecular complexity index is 1900. The summed E-state index contributed by atoms with van der Waals surface area (Å²) in [6.07, 6.45) is 11.5. The third-order valence-electron chi connectivity index (χ3n) is 8.23. The first-order valence-electron chi connectivity index (χ1n) is 14.2. The van der Waals surface area contributed by atoms with Gasteiger partial charge in [-0.2, -0.15) is 0 Å². The monoisotopic (exact) mass is 531 g/mol. The summed E-state index contributed by atoms with van der Waals surface area (Å²) in [5.41, 5.74) is 6.48. The van der Waals surface area contributed by atoms with Crippen LogP contribution in [0.15, 0.2) is 139 Å². The normalized spacial score (nSPS) is 21.0. The summed E-state index contributed by atoms with van der Waals surface area (Å²) in [4.78, 5) is 5.17. The number of fused-ring (bicyclic) bond motifs is 5.